The van der Waals surface area contributed by atoms with E-state index in [-0.39, 0.29) is 53.0 Å². The Kier molecular flexibility index (Phi) is 9.17. The van der Waals surface area contributed by atoms with Crippen molar-refractivity contribution in [3.05, 3.63) is 25.3 Å². The lowest BCUT2D eigenvalue weighted by molar-refractivity contribution is -0.154. The third-order valence-electron chi connectivity index (χ3n) is 8.74. The molecule has 0 aromatic carbocycles. The number of carbonyl (C=O) groups is 3. The molecule has 0 aromatic rings. The Morgan fingerprint density at radius 3 is 2.57 bits per heavy atom. The average molecular weight is 598 g/mol. The molecule has 1 spiro atoms. The highest BCUT2D eigenvalue weighted by atomic mass is 79.9. The number of rotatable bonds is 11. The van der Waals surface area contributed by atoms with Gasteiger partial charge in [-0.15, -0.1) is 24.9 Å². The fraction of sp³-hybridized carbons (Fsp3) is 0.750. The van der Waals surface area contributed by atoms with Crippen molar-refractivity contribution in [2.24, 2.45) is 17.8 Å². The number of aliphatic hydroxyl groups is 1. The second-order valence-electron chi connectivity index (χ2n) is 11.2. The van der Waals surface area contributed by atoms with Gasteiger partial charge in [0.2, 0.25) is 11.8 Å². The summed E-state index contributed by atoms with van der Waals surface area (Å²) in [5.74, 6) is -1.98. The van der Waals surface area contributed by atoms with Crippen LogP contribution in [0.25, 0.3) is 0 Å². The summed E-state index contributed by atoms with van der Waals surface area (Å²) in [6.45, 7) is 11.9. The molecular formula is C28H41BrN2O5S. The summed E-state index contributed by atoms with van der Waals surface area (Å²) in [5.41, 5.74) is 0. The highest BCUT2D eigenvalue weighted by Crippen LogP contribution is 2.68. The van der Waals surface area contributed by atoms with Crippen LogP contribution in [-0.4, -0.2) is 85.4 Å². The summed E-state index contributed by atoms with van der Waals surface area (Å²) in [5, 5.41) is 10.3. The Bertz CT molecular complexity index is 909. The summed E-state index contributed by atoms with van der Waals surface area (Å²) in [6, 6.07) is -1.14. The number of thioether (sulfide) groups is 1. The molecule has 3 saturated heterocycles. The molecule has 4 fully saturated rings. The van der Waals surface area contributed by atoms with Crippen LogP contribution < -0.4 is 0 Å². The monoisotopic (exact) mass is 596 g/mol. The fourth-order valence-electron chi connectivity index (χ4n) is 7.04. The minimum absolute atomic E-state index is 0.0112. The maximum absolute atomic E-state index is 14.6. The number of aliphatic hydroxyl groups excluding tert-OH is 1. The average Bonchev–Trinajstić information content (AvgIpc) is 3.47. The Labute approximate surface area is 233 Å². The third kappa shape index (κ3) is 4.93. The summed E-state index contributed by atoms with van der Waals surface area (Å²) in [7, 11) is 0. The molecule has 4 aliphatic rings. The zero-order valence-electron chi connectivity index (χ0n) is 22.0. The van der Waals surface area contributed by atoms with Gasteiger partial charge in [0.05, 0.1) is 35.8 Å². The van der Waals surface area contributed by atoms with E-state index in [0.29, 0.717) is 19.4 Å². The van der Waals surface area contributed by atoms with E-state index < -0.39 is 28.7 Å². The van der Waals surface area contributed by atoms with E-state index >= 15 is 0 Å². The van der Waals surface area contributed by atoms with Crippen molar-refractivity contribution in [1.82, 2.24) is 9.80 Å². The first kappa shape index (κ1) is 28.7. The van der Waals surface area contributed by atoms with Crippen molar-refractivity contribution in [2.45, 2.75) is 91.7 Å². The molecule has 3 unspecified atom stereocenters. The molecule has 4 rings (SSSR count). The number of hydrogen-bond donors (Lipinski definition) is 1. The maximum Gasteiger partial charge on any atom is 0.310 e. The number of esters is 1. The number of hydrogen-bond acceptors (Lipinski definition) is 6. The summed E-state index contributed by atoms with van der Waals surface area (Å²) < 4.78 is 4.85. The number of amides is 2. The lowest BCUT2D eigenvalue weighted by atomic mass is 9.71. The fourth-order valence-corrected chi connectivity index (χ4v) is 10.6. The van der Waals surface area contributed by atoms with Gasteiger partial charge < -0.3 is 19.6 Å². The van der Waals surface area contributed by atoms with Gasteiger partial charge in [0.25, 0.3) is 0 Å². The van der Waals surface area contributed by atoms with E-state index in [1.54, 1.807) is 28.8 Å². The van der Waals surface area contributed by atoms with Crippen molar-refractivity contribution >= 4 is 45.5 Å². The van der Waals surface area contributed by atoms with Gasteiger partial charge in [0, 0.05) is 22.7 Å². The predicted octanol–water partition coefficient (Wildman–Crippen LogP) is 3.93. The molecule has 37 heavy (non-hydrogen) atoms. The molecule has 0 aromatic heterocycles. The standard InChI is InChI=1S/C28H41BrN2O5S/c1-5-7-14-36-27(35)21-22-25(33)31(20(16-32)17(3)4)24(28(22)15-19(29)23(21)37-28)26(34)30(13-6-2)18-11-9-8-10-12-18/h5-6,17-24,32H,1-2,7-16H2,3-4H3/t19?,20-,21-,22-,23-,24?,28?/m0/s1. The first-order chi connectivity index (χ1) is 17.7. The van der Waals surface area contributed by atoms with Crippen LogP contribution in [0, 0.1) is 17.8 Å². The van der Waals surface area contributed by atoms with E-state index in [1.807, 2.05) is 18.7 Å². The first-order valence-corrected chi connectivity index (χ1v) is 15.5. The number of nitrogens with zero attached hydrogens (tertiary/aromatic N) is 2. The summed E-state index contributed by atoms with van der Waals surface area (Å²) in [4.78, 5) is 45.8. The Hall–Kier alpha value is -1.32. The van der Waals surface area contributed by atoms with Gasteiger partial charge in [-0.05, 0) is 31.6 Å². The van der Waals surface area contributed by atoms with Gasteiger partial charge in [-0.3, -0.25) is 14.4 Å². The van der Waals surface area contributed by atoms with Crippen molar-refractivity contribution in [2.75, 3.05) is 19.8 Å². The quantitative estimate of drug-likeness (QED) is 0.168. The van der Waals surface area contributed by atoms with Crippen molar-refractivity contribution in [3.8, 4) is 0 Å². The van der Waals surface area contributed by atoms with Gasteiger partial charge in [-0.1, -0.05) is 61.2 Å². The summed E-state index contributed by atoms with van der Waals surface area (Å²) in [6.07, 6.45) is 9.84. The minimum atomic E-state index is -0.745. The van der Waals surface area contributed by atoms with Crippen LogP contribution in [0.5, 0.6) is 0 Å². The number of ether oxygens (including phenoxy) is 1. The number of likely N-dealkylation sites (tertiary alicyclic amines) is 1. The zero-order chi connectivity index (χ0) is 26.9. The molecule has 3 aliphatic heterocycles. The second kappa shape index (κ2) is 11.8. The zero-order valence-corrected chi connectivity index (χ0v) is 24.4. The minimum Gasteiger partial charge on any atom is -0.465 e. The lowest BCUT2D eigenvalue weighted by Crippen LogP contribution is -2.60. The molecular weight excluding hydrogens is 556 g/mol. The Balaban J connectivity index is 1.77. The highest BCUT2D eigenvalue weighted by Gasteiger charge is 2.76. The van der Waals surface area contributed by atoms with E-state index in [0.717, 1.165) is 25.7 Å². The van der Waals surface area contributed by atoms with Crippen molar-refractivity contribution in [3.63, 3.8) is 0 Å². The number of halogens is 1. The molecule has 7 atom stereocenters. The summed E-state index contributed by atoms with van der Waals surface area (Å²) >= 11 is 5.41. The van der Waals surface area contributed by atoms with Crippen LogP contribution in [0.4, 0.5) is 0 Å². The van der Waals surface area contributed by atoms with E-state index in [2.05, 4.69) is 29.1 Å². The number of carbonyl (C=O) groups excluding carboxylic acids is 3. The normalized spacial score (nSPS) is 33.9. The molecule has 3 heterocycles. The third-order valence-corrected chi connectivity index (χ3v) is 12.0. The Morgan fingerprint density at radius 2 is 1.97 bits per heavy atom. The van der Waals surface area contributed by atoms with Crippen molar-refractivity contribution < 1.29 is 24.2 Å². The largest absolute Gasteiger partial charge is 0.465 e. The van der Waals surface area contributed by atoms with Crippen molar-refractivity contribution in [1.29, 1.82) is 0 Å². The molecule has 2 amide bonds. The number of fused-ring (bicyclic) bond motifs is 1. The number of alkyl halides is 1. The molecule has 2 bridgehead atoms. The van der Waals surface area contributed by atoms with Crippen LogP contribution >= 0.6 is 27.7 Å². The predicted molar refractivity (Wildman–Crippen MR) is 149 cm³/mol. The molecule has 1 aliphatic carbocycles. The second-order valence-corrected chi connectivity index (χ2v) is 13.9. The molecule has 0 radical (unpaired) electrons. The van der Waals surface area contributed by atoms with Crippen LogP contribution in [-0.2, 0) is 19.1 Å². The van der Waals surface area contributed by atoms with E-state index in [9.17, 15) is 19.5 Å². The SMILES string of the molecule is C=CCCOC(=O)[C@H]1[C@H]2C(=O)N([C@@H](CO)C(C)C)C(C(=O)N(CC=C)C3CCCCC3)C23CC(Br)[C@@H]1S3. The van der Waals surface area contributed by atoms with Crippen LogP contribution in [0.15, 0.2) is 25.3 Å². The van der Waals surface area contributed by atoms with Gasteiger partial charge in [-0.2, -0.15) is 0 Å². The molecule has 206 valence electrons. The van der Waals surface area contributed by atoms with Crippen LogP contribution in [0.3, 0.4) is 0 Å². The first-order valence-electron chi connectivity index (χ1n) is 13.7. The topological polar surface area (TPSA) is 87.1 Å². The van der Waals surface area contributed by atoms with Gasteiger partial charge >= 0.3 is 5.97 Å². The van der Waals surface area contributed by atoms with Gasteiger partial charge in [-0.25, -0.2) is 0 Å². The molecule has 1 N–H and O–H groups in total. The van der Waals surface area contributed by atoms with Crippen LogP contribution in [0.1, 0.15) is 58.8 Å². The molecule has 7 nitrogen and oxygen atoms in total. The Morgan fingerprint density at radius 1 is 1.27 bits per heavy atom. The van der Waals surface area contributed by atoms with E-state index in [4.69, 9.17) is 4.74 Å². The highest BCUT2D eigenvalue weighted by molar-refractivity contribution is 9.09. The molecule has 9 heteroatoms. The smallest absolute Gasteiger partial charge is 0.310 e. The van der Waals surface area contributed by atoms with Gasteiger partial charge in [0.1, 0.15) is 6.04 Å². The van der Waals surface area contributed by atoms with Crippen LogP contribution in [0.2, 0.25) is 0 Å². The maximum atomic E-state index is 14.6. The lowest BCUT2D eigenvalue weighted by Gasteiger charge is -2.43. The van der Waals surface area contributed by atoms with Gasteiger partial charge in [0.15, 0.2) is 0 Å². The molecule has 1 saturated carbocycles. The van der Waals surface area contributed by atoms with E-state index in [1.165, 1.54) is 6.42 Å².